The molecule has 0 saturated carbocycles. The normalized spacial score (nSPS) is 15.1. The first-order valence-corrected chi connectivity index (χ1v) is 8.66. The maximum absolute atomic E-state index is 12.4. The van der Waals surface area contributed by atoms with Crippen molar-refractivity contribution in [1.82, 2.24) is 4.72 Å². The lowest BCUT2D eigenvalue weighted by molar-refractivity contribution is 0.0436. The molecule has 1 rings (SSSR count). The Morgan fingerprint density at radius 1 is 1.38 bits per heavy atom. The van der Waals surface area contributed by atoms with Crippen LogP contribution in [0.5, 0.6) is 0 Å². The molecule has 120 valence electrons. The molecule has 21 heavy (non-hydrogen) atoms. The summed E-state index contributed by atoms with van der Waals surface area (Å²) in [4.78, 5) is 0.186. The van der Waals surface area contributed by atoms with E-state index in [1.54, 1.807) is 19.1 Å². The van der Waals surface area contributed by atoms with Gasteiger partial charge in [0.05, 0.1) is 10.5 Å². The molecule has 0 aliphatic rings. The van der Waals surface area contributed by atoms with E-state index in [9.17, 15) is 13.5 Å². The average Bonchev–Trinajstić information content (AvgIpc) is 2.35. The van der Waals surface area contributed by atoms with E-state index in [0.29, 0.717) is 24.1 Å². The molecule has 1 aromatic carbocycles. The highest BCUT2D eigenvalue weighted by Gasteiger charge is 2.26. The summed E-state index contributed by atoms with van der Waals surface area (Å²) in [5.74, 6) is 0.281. The molecule has 0 heterocycles. The van der Waals surface area contributed by atoms with Gasteiger partial charge in [-0.05, 0) is 43.4 Å². The highest BCUT2D eigenvalue weighted by atomic mass is 32.2. The minimum absolute atomic E-state index is 0.0224. The van der Waals surface area contributed by atoms with Crippen molar-refractivity contribution in [3.05, 3.63) is 23.8 Å². The van der Waals surface area contributed by atoms with Crippen LogP contribution in [-0.4, -0.2) is 25.7 Å². The van der Waals surface area contributed by atoms with E-state index in [1.165, 1.54) is 6.07 Å². The number of anilines is 1. The van der Waals surface area contributed by atoms with Crippen LogP contribution in [-0.2, 0) is 16.4 Å². The Morgan fingerprint density at radius 2 is 2.00 bits per heavy atom. The minimum Gasteiger partial charge on any atom is -0.399 e. The second-order valence-electron chi connectivity index (χ2n) is 6.14. The number of hydrogen-bond acceptors (Lipinski definition) is 4. The lowest BCUT2D eigenvalue weighted by atomic mass is 9.95. The quantitative estimate of drug-likeness (QED) is 0.670. The summed E-state index contributed by atoms with van der Waals surface area (Å²) in [6.07, 6.45) is 1.12. The average molecular weight is 314 g/mol. The number of nitrogens with two attached hydrogens (primary N) is 1. The standard InChI is InChI=1S/C15H26N2O3S/c1-5-12-6-7-13(16)8-14(12)21(19,20)17-10-15(4,18)9-11(2)3/h6-8,11,17-18H,5,9-10,16H2,1-4H3. The Hall–Kier alpha value is -1.11. The molecule has 0 aliphatic carbocycles. The zero-order valence-corrected chi connectivity index (χ0v) is 14.0. The highest BCUT2D eigenvalue weighted by molar-refractivity contribution is 7.89. The summed E-state index contributed by atoms with van der Waals surface area (Å²) in [7, 11) is -3.68. The third-order valence-electron chi connectivity index (χ3n) is 3.25. The van der Waals surface area contributed by atoms with Crippen molar-refractivity contribution < 1.29 is 13.5 Å². The number of nitrogens with one attached hydrogen (secondary N) is 1. The van der Waals surface area contributed by atoms with Crippen molar-refractivity contribution in [2.24, 2.45) is 5.92 Å². The topological polar surface area (TPSA) is 92.4 Å². The smallest absolute Gasteiger partial charge is 0.241 e. The van der Waals surface area contributed by atoms with Crippen LogP contribution in [0.3, 0.4) is 0 Å². The number of aliphatic hydroxyl groups is 1. The number of hydrogen-bond donors (Lipinski definition) is 3. The van der Waals surface area contributed by atoms with Crippen molar-refractivity contribution in [1.29, 1.82) is 0 Å². The Balaban J connectivity index is 2.95. The molecule has 0 amide bonds. The van der Waals surface area contributed by atoms with Gasteiger partial charge in [0.25, 0.3) is 0 Å². The molecular formula is C15H26N2O3S. The SMILES string of the molecule is CCc1ccc(N)cc1S(=O)(=O)NCC(C)(O)CC(C)C. The molecule has 1 aromatic rings. The molecule has 6 heteroatoms. The van der Waals surface area contributed by atoms with Gasteiger partial charge >= 0.3 is 0 Å². The zero-order valence-electron chi connectivity index (χ0n) is 13.2. The Labute approximate surface area is 127 Å². The zero-order chi connectivity index (χ0) is 16.3. The maximum atomic E-state index is 12.4. The van der Waals surface area contributed by atoms with Gasteiger partial charge in [-0.2, -0.15) is 0 Å². The highest BCUT2D eigenvalue weighted by Crippen LogP contribution is 2.21. The van der Waals surface area contributed by atoms with E-state index in [2.05, 4.69) is 4.72 Å². The van der Waals surface area contributed by atoms with Crippen LogP contribution in [0.15, 0.2) is 23.1 Å². The number of rotatable bonds is 7. The fraction of sp³-hybridized carbons (Fsp3) is 0.600. The van der Waals surface area contributed by atoms with Crippen LogP contribution >= 0.6 is 0 Å². The number of nitrogen functional groups attached to an aromatic ring is 1. The van der Waals surface area contributed by atoms with Gasteiger partial charge in [0.1, 0.15) is 0 Å². The third-order valence-corrected chi connectivity index (χ3v) is 4.74. The Bertz CT molecular complexity index is 581. The van der Waals surface area contributed by atoms with E-state index in [-0.39, 0.29) is 17.4 Å². The first-order valence-electron chi connectivity index (χ1n) is 7.18. The van der Waals surface area contributed by atoms with E-state index >= 15 is 0 Å². The summed E-state index contributed by atoms with van der Waals surface area (Å²) >= 11 is 0. The number of benzene rings is 1. The summed E-state index contributed by atoms with van der Waals surface area (Å²) < 4.78 is 27.3. The molecular weight excluding hydrogens is 288 g/mol. The van der Waals surface area contributed by atoms with E-state index in [0.717, 1.165) is 0 Å². The molecule has 0 aliphatic heterocycles. The molecule has 5 nitrogen and oxygen atoms in total. The summed E-state index contributed by atoms with van der Waals surface area (Å²) in [6.45, 7) is 7.46. The maximum Gasteiger partial charge on any atom is 0.241 e. The van der Waals surface area contributed by atoms with Crippen molar-refractivity contribution in [3.8, 4) is 0 Å². The van der Waals surface area contributed by atoms with Crippen LogP contribution < -0.4 is 10.5 Å². The van der Waals surface area contributed by atoms with Crippen molar-refractivity contribution in [2.45, 2.75) is 51.0 Å². The van der Waals surface area contributed by atoms with Gasteiger partial charge < -0.3 is 10.8 Å². The monoisotopic (exact) mass is 314 g/mol. The van der Waals surface area contributed by atoms with Gasteiger partial charge in [0.2, 0.25) is 10.0 Å². The summed E-state index contributed by atoms with van der Waals surface area (Å²) in [5, 5.41) is 10.2. The lowest BCUT2D eigenvalue weighted by Gasteiger charge is -2.25. The second kappa shape index (κ2) is 6.77. The first kappa shape index (κ1) is 17.9. The predicted molar refractivity (Wildman–Crippen MR) is 85.5 cm³/mol. The van der Waals surface area contributed by atoms with Crippen LogP contribution in [0.25, 0.3) is 0 Å². The molecule has 0 bridgehead atoms. The predicted octanol–water partition coefficient (Wildman–Crippen LogP) is 1.91. The molecule has 0 aromatic heterocycles. The largest absolute Gasteiger partial charge is 0.399 e. The second-order valence-corrected chi connectivity index (χ2v) is 7.88. The fourth-order valence-corrected chi connectivity index (χ4v) is 3.90. The number of aryl methyl sites for hydroxylation is 1. The first-order chi connectivity index (χ1) is 9.57. The Kier molecular flexibility index (Phi) is 5.78. The van der Waals surface area contributed by atoms with Gasteiger partial charge in [-0.15, -0.1) is 0 Å². The summed E-state index contributed by atoms with van der Waals surface area (Å²) in [5.41, 5.74) is 5.72. The molecule has 1 atom stereocenters. The minimum atomic E-state index is -3.68. The van der Waals surface area contributed by atoms with Crippen LogP contribution in [0.1, 0.15) is 39.7 Å². The molecule has 1 unspecified atom stereocenters. The lowest BCUT2D eigenvalue weighted by Crippen LogP contribution is -2.41. The van der Waals surface area contributed by atoms with Gasteiger partial charge in [-0.1, -0.05) is 26.8 Å². The summed E-state index contributed by atoms with van der Waals surface area (Å²) in [6, 6.07) is 4.86. The third kappa shape index (κ3) is 5.30. The van der Waals surface area contributed by atoms with E-state index in [4.69, 9.17) is 5.73 Å². The van der Waals surface area contributed by atoms with E-state index in [1.807, 2.05) is 20.8 Å². The van der Waals surface area contributed by atoms with Gasteiger partial charge in [0, 0.05) is 12.2 Å². The van der Waals surface area contributed by atoms with Crippen LogP contribution in [0, 0.1) is 5.92 Å². The van der Waals surface area contributed by atoms with Gasteiger partial charge in [-0.25, -0.2) is 13.1 Å². The van der Waals surface area contributed by atoms with Crippen molar-refractivity contribution in [3.63, 3.8) is 0 Å². The van der Waals surface area contributed by atoms with E-state index < -0.39 is 15.6 Å². The van der Waals surface area contributed by atoms with Gasteiger partial charge in [0.15, 0.2) is 0 Å². The molecule has 0 fully saturated rings. The molecule has 0 saturated heterocycles. The van der Waals surface area contributed by atoms with Crippen molar-refractivity contribution in [2.75, 3.05) is 12.3 Å². The molecule has 0 radical (unpaired) electrons. The number of sulfonamides is 1. The van der Waals surface area contributed by atoms with Crippen LogP contribution in [0.2, 0.25) is 0 Å². The van der Waals surface area contributed by atoms with Crippen LogP contribution in [0.4, 0.5) is 5.69 Å². The van der Waals surface area contributed by atoms with Gasteiger partial charge in [-0.3, -0.25) is 0 Å². The fourth-order valence-electron chi connectivity index (χ4n) is 2.39. The Morgan fingerprint density at radius 3 is 2.52 bits per heavy atom. The van der Waals surface area contributed by atoms with Crippen molar-refractivity contribution >= 4 is 15.7 Å². The molecule has 0 spiro atoms. The molecule has 4 N–H and O–H groups in total.